The van der Waals surface area contributed by atoms with Gasteiger partial charge < -0.3 is 4.74 Å². The van der Waals surface area contributed by atoms with Crippen molar-refractivity contribution < 1.29 is 9.53 Å². The van der Waals surface area contributed by atoms with E-state index < -0.39 is 0 Å². The van der Waals surface area contributed by atoms with Crippen molar-refractivity contribution in [3.05, 3.63) is 40.4 Å². The highest BCUT2D eigenvalue weighted by Gasteiger charge is 2.30. The molecule has 1 N–H and O–H groups in total. The average molecular weight is 344 g/mol. The van der Waals surface area contributed by atoms with Gasteiger partial charge in [0.05, 0.1) is 18.4 Å². The molecule has 5 heteroatoms. The molecule has 0 saturated carbocycles. The first-order valence-corrected chi connectivity index (χ1v) is 9.13. The van der Waals surface area contributed by atoms with Crippen molar-refractivity contribution in [2.45, 2.75) is 40.0 Å². The fourth-order valence-corrected chi connectivity index (χ4v) is 4.25. The lowest BCUT2D eigenvalue weighted by atomic mass is 9.73. The number of para-hydroxylation sites is 1. The van der Waals surface area contributed by atoms with Crippen LogP contribution in [0.4, 0.5) is 5.13 Å². The molecule has 4 nitrogen and oxygen atoms in total. The number of hydrogen-bond acceptors (Lipinski definition) is 4. The second-order valence-electron chi connectivity index (χ2n) is 7.35. The lowest BCUT2D eigenvalue weighted by Gasteiger charge is -2.33. The monoisotopic (exact) mass is 344 g/mol. The molecule has 24 heavy (non-hydrogen) atoms. The maximum atomic E-state index is 12.5. The number of fused-ring (bicyclic) bond motifs is 1. The van der Waals surface area contributed by atoms with Gasteiger partial charge in [0, 0.05) is 4.88 Å². The number of thiazole rings is 1. The molecule has 1 heterocycles. The topological polar surface area (TPSA) is 51.2 Å². The standard InChI is InChI=1S/C19H24N2O2S/c1-19(2,3)12-9-10-14-16(11-12)24-18(20-14)21-17(22)13-7-5-6-8-15(13)23-4/h5-8,12H,9-11H2,1-4H3,(H,20,21,22). The van der Waals surface area contributed by atoms with Crippen LogP contribution in [0.5, 0.6) is 5.75 Å². The van der Waals surface area contributed by atoms with Crippen molar-refractivity contribution >= 4 is 22.4 Å². The quantitative estimate of drug-likeness (QED) is 0.888. The number of aryl methyl sites for hydroxylation is 1. The molecule has 1 aliphatic carbocycles. The number of methoxy groups -OCH3 is 1. The summed E-state index contributed by atoms with van der Waals surface area (Å²) in [5, 5.41) is 3.62. The number of rotatable bonds is 3. The number of anilines is 1. The Labute approximate surface area is 147 Å². The Morgan fingerprint density at radius 3 is 2.79 bits per heavy atom. The lowest BCUT2D eigenvalue weighted by Crippen LogP contribution is -2.26. The van der Waals surface area contributed by atoms with Gasteiger partial charge in [-0.25, -0.2) is 4.98 Å². The summed E-state index contributed by atoms with van der Waals surface area (Å²) in [6.45, 7) is 6.90. The number of ether oxygens (including phenoxy) is 1. The summed E-state index contributed by atoms with van der Waals surface area (Å²) in [6.07, 6.45) is 3.22. The minimum absolute atomic E-state index is 0.175. The summed E-state index contributed by atoms with van der Waals surface area (Å²) in [7, 11) is 1.57. The highest BCUT2D eigenvalue weighted by molar-refractivity contribution is 7.15. The van der Waals surface area contributed by atoms with Gasteiger partial charge in [-0.1, -0.05) is 32.9 Å². The second kappa shape index (κ2) is 6.55. The van der Waals surface area contributed by atoms with Gasteiger partial charge in [-0.05, 0) is 42.7 Å². The van der Waals surface area contributed by atoms with Crippen LogP contribution in [0.25, 0.3) is 0 Å². The van der Waals surface area contributed by atoms with Crippen LogP contribution >= 0.6 is 11.3 Å². The number of carbonyl (C=O) groups excluding carboxylic acids is 1. The Bertz CT molecular complexity index is 746. The Morgan fingerprint density at radius 1 is 1.33 bits per heavy atom. The largest absolute Gasteiger partial charge is 0.496 e. The van der Waals surface area contributed by atoms with Crippen LogP contribution in [0.1, 0.15) is 48.1 Å². The summed E-state index contributed by atoms with van der Waals surface area (Å²) in [6, 6.07) is 7.23. The van der Waals surface area contributed by atoms with E-state index in [1.807, 2.05) is 12.1 Å². The van der Waals surface area contributed by atoms with Gasteiger partial charge >= 0.3 is 0 Å². The minimum atomic E-state index is -0.175. The molecular formula is C19H24N2O2S. The zero-order valence-electron chi connectivity index (χ0n) is 14.7. The molecule has 0 fully saturated rings. The van der Waals surface area contributed by atoms with Crippen molar-refractivity contribution in [1.29, 1.82) is 0 Å². The molecule has 2 aromatic rings. The van der Waals surface area contributed by atoms with Gasteiger partial charge in [-0.2, -0.15) is 0 Å². The van der Waals surface area contributed by atoms with E-state index in [1.165, 1.54) is 11.3 Å². The molecule has 1 aromatic heterocycles. The zero-order chi connectivity index (χ0) is 17.3. The van der Waals surface area contributed by atoms with Crippen LogP contribution in [-0.2, 0) is 12.8 Å². The Morgan fingerprint density at radius 2 is 2.08 bits per heavy atom. The minimum Gasteiger partial charge on any atom is -0.496 e. The molecule has 1 amide bonds. The van der Waals surface area contributed by atoms with Crippen molar-refractivity contribution in [1.82, 2.24) is 4.98 Å². The van der Waals surface area contributed by atoms with E-state index in [1.54, 1.807) is 30.6 Å². The third-order valence-corrected chi connectivity index (χ3v) is 5.77. The molecule has 0 spiro atoms. The summed E-state index contributed by atoms with van der Waals surface area (Å²) >= 11 is 1.61. The van der Waals surface area contributed by atoms with E-state index in [-0.39, 0.29) is 5.91 Å². The number of carbonyl (C=O) groups is 1. The van der Waals surface area contributed by atoms with Gasteiger partial charge in [0.2, 0.25) is 0 Å². The number of nitrogens with one attached hydrogen (secondary N) is 1. The normalized spacial score (nSPS) is 17.2. The van der Waals surface area contributed by atoms with Gasteiger partial charge in [0.25, 0.3) is 5.91 Å². The van der Waals surface area contributed by atoms with Gasteiger partial charge in [-0.3, -0.25) is 10.1 Å². The van der Waals surface area contributed by atoms with E-state index >= 15 is 0 Å². The highest BCUT2D eigenvalue weighted by Crippen LogP contribution is 2.40. The average Bonchev–Trinajstić information content (AvgIpc) is 2.95. The molecule has 3 rings (SSSR count). The fraction of sp³-hybridized carbons (Fsp3) is 0.474. The van der Waals surface area contributed by atoms with Crippen LogP contribution in [0, 0.1) is 11.3 Å². The van der Waals surface area contributed by atoms with E-state index in [0.717, 1.165) is 18.5 Å². The van der Waals surface area contributed by atoms with Gasteiger partial charge in [0.1, 0.15) is 5.75 Å². The van der Waals surface area contributed by atoms with Gasteiger partial charge in [-0.15, -0.1) is 11.3 Å². The summed E-state index contributed by atoms with van der Waals surface area (Å²) in [5.74, 6) is 1.07. The third-order valence-electron chi connectivity index (χ3n) is 4.74. The molecule has 1 aliphatic rings. The number of nitrogens with zero attached hydrogens (tertiary/aromatic N) is 1. The number of benzene rings is 1. The molecule has 0 aliphatic heterocycles. The van der Waals surface area contributed by atoms with E-state index in [2.05, 4.69) is 31.1 Å². The maximum Gasteiger partial charge on any atom is 0.261 e. The summed E-state index contributed by atoms with van der Waals surface area (Å²) < 4.78 is 5.26. The van der Waals surface area contributed by atoms with Crippen molar-refractivity contribution in [3.8, 4) is 5.75 Å². The van der Waals surface area contributed by atoms with E-state index in [0.29, 0.717) is 27.8 Å². The Hall–Kier alpha value is -1.88. The molecule has 1 aromatic carbocycles. The highest BCUT2D eigenvalue weighted by atomic mass is 32.1. The molecule has 1 atom stereocenters. The summed E-state index contributed by atoms with van der Waals surface area (Å²) in [5.41, 5.74) is 1.99. The van der Waals surface area contributed by atoms with Crippen LogP contribution in [0.2, 0.25) is 0 Å². The number of hydrogen-bond donors (Lipinski definition) is 1. The summed E-state index contributed by atoms with van der Waals surface area (Å²) in [4.78, 5) is 18.5. The Balaban J connectivity index is 1.76. The molecule has 0 saturated heterocycles. The molecular weight excluding hydrogens is 320 g/mol. The first kappa shape index (κ1) is 17.0. The number of amides is 1. The SMILES string of the molecule is COc1ccccc1C(=O)Nc1nc2c(s1)CC(C(C)(C)C)CC2. The van der Waals surface area contributed by atoms with Crippen molar-refractivity contribution in [2.24, 2.45) is 11.3 Å². The van der Waals surface area contributed by atoms with E-state index in [4.69, 9.17) is 4.74 Å². The first-order valence-electron chi connectivity index (χ1n) is 8.31. The van der Waals surface area contributed by atoms with Crippen LogP contribution in [-0.4, -0.2) is 18.0 Å². The maximum absolute atomic E-state index is 12.5. The van der Waals surface area contributed by atoms with Crippen LogP contribution in [0.15, 0.2) is 24.3 Å². The van der Waals surface area contributed by atoms with Gasteiger partial charge in [0.15, 0.2) is 5.13 Å². The fourth-order valence-electron chi connectivity index (χ4n) is 3.16. The van der Waals surface area contributed by atoms with Crippen molar-refractivity contribution in [3.63, 3.8) is 0 Å². The smallest absolute Gasteiger partial charge is 0.261 e. The third kappa shape index (κ3) is 3.46. The molecule has 1 unspecified atom stereocenters. The number of aromatic nitrogens is 1. The Kier molecular flexibility index (Phi) is 4.63. The predicted octanol–water partition coefficient (Wildman–Crippen LogP) is 4.56. The molecule has 128 valence electrons. The van der Waals surface area contributed by atoms with Crippen LogP contribution in [0.3, 0.4) is 0 Å². The van der Waals surface area contributed by atoms with E-state index in [9.17, 15) is 4.79 Å². The predicted molar refractivity (Wildman–Crippen MR) is 98.0 cm³/mol. The molecule has 0 bridgehead atoms. The van der Waals surface area contributed by atoms with Crippen molar-refractivity contribution in [2.75, 3.05) is 12.4 Å². The zero-order valence-corrected chi connectivity index (χ0v) is 15.5. The lowest BCUT2D eigenvalue weighted by molar-refractivity contribution is 0.102. The molecule has 0 radical (unpaired) electrons. The first-order chi connectivity index (χ1) is 11.4. The second-order valence-corrected chi connectivity index (χ2v) is 8.43. The van der Waals surface area contributed by atoms with Crippen LogP contribution < -0.4 is 10.1 Å².